The number of nitro benzene ring substituents is 1. The van der Waals surface area contributed by atoms with Gasteiger partial charge in [0.25, 0.3) is 0 Å². The maximum atomic E-state index is 14.5. The second-order valence-electron chi connectivity index (χ2n) is 8.61. The van der Waals surface area contributed by atoms with E-state index in [1.54, 1.807) is 20.8 Å². The van der Waals surface area contributed by atoms with Crippen LogP contribution in [0.4, 0.5) is 25.8 Å². The Morgan fingerprint density at radius 2 is 1.32 bits per heavy atom. The molecule has 15 heteroatoms. The molecule has 0 radical (unpaired) electrons. The molecule has 2 heterocycles. The lowest BCUT2D eigenvalue weighted by Crippen LogP contribution is -2.10. The van der Waals surface area contributed by atoms with Gasteiger partial charge in [-0.25, -0.2) is 14.0 Å². The first kappa shape index (κ1) is 30.2. The zero-order valence-corrected chi connectivity index (χ0v) is 22.8. The molecule has 0 amide bonds. The van der Waals surface area contributed by atoms with Crippen LogP contribution in [0.25, 0.3) is 22.3 Å². The van der Waals surface area contributed by atoms with Gasteiger partial charge in [-0.2, -0.15) is 4.39 Å². The van der Waals surface area contributed by atoms with Crippen molar-refractivity contribution in [3.8, 4) is 22.3 Å². The zero-order chi connectivity index (χ0) is 30.8. The maximum absolute atomic E-state index is 14.5. The zero-order valence-electron chi connectivity index (χ0n) is 22.8. The van der Waals surface area contributed by atoms with E-state index >= 15 is 0 Å². The number of ether oxygens (including phenoxy) is 2. The molecule has 4 rings (SSSR count). The molecular weight excluding hydrogens is 548 g/mol. The summed E-state index contributed by atoms with van der Waals surface area (Å²) in [6.45, 7) is 6.43. The lowest BCUT2D eigenvalue weighted by atomic mass is 9.98. The number of hydrogen-bond donors (Lipinski definition) is 2. The van der Waals surface area contributed by atoms with Crippen LogP contribution in [-0.4, -0.2) is 41.4 Å². The SMILES string of the molecule is COC(=O)c1cc(-c2c(C)noc2C)c(F)c([N+](=O)[O-])c1N.COC(=O)c1cc(-c2c(C)noc2C)c(F)cc1N. The highest BCUT2D eigenvalue weighted by molar-refractivity contribution is 6.00. The van der Waals surface area contributed by atoms with E-state index in [0.29, 0.717) is 22.7 Å². The average Bonchev–Trinajstić information content (AvgIpc) is 3.43. The van der Waals surface area contributed by atoms with Crippen molar-refractivity contribution in [3.05, 3.63) is 74.0 Å². The fraction of sp³-hybridized carbons (Fsp3) is 0.231. The van der Waals surface area contributed by atoms with Gasteiger partial charge in [0, 0.05) is 16.8 Å². The van der Waals surface area contributed by atoms with Crippen LogP contribution in [0.2, 0.25) is 0 Å². The summed E-state index contributed by atoms with van der Waals surface area (Å²) < 4.78 is 47.6. The topological polar surface area (TPSA) is 200 Å². The minimum Gasteiger partial charge on any atom is -0.465 e. The van der Waals surface area contributed by atoms with Crippen LogP contribution in [0, 0.1) is 49.4 Å². The fourth-order valence-electron chi connectivity index (χ4n) is 4.10. The molecule has 4 N–H and O–H groups in total. The molecule has 13 nitrogen and oxygen atoms in total. The van der Waals surface area contributed by atoms with E-state index in [1.807, 2.05) is 0 Å². The summed E-state index contributed by atoms with van der Waals surface area (Å²) >= 11 is 0. The predicted octanol–water partition coefficient (Wildman–Crippen LogP) is 4.84. The molecule has 216 valence electrons. The second kappa shape index (κ2) is 11.8. The summed E-state index contributed by atoms with van der Waals surface area (Å²) in [7, 11) is 2.33. The van der Waals surface area contributed by atoms with Gasteiger partial charge in [-0.05, 0) is 45.9 Å². The Morgan fingerprint density at radius 3 is 1.76 bits per heavy atom. The number of aromatic nitrogens is 2. The molecule has 41 heavy (non-hydrogen) atoms. The Labute approximate surface area is 231 Å². The first-order valence-electron chi connectivity index (χ1n) is 11.6. The van der Waals surface area contributed by atoms with Gasteiger partial charge in [0.2, 0.25) is 5.82 Å². The smallest absolute Gasteiger partial charge is 0.340 e. The van der Waals surface area contributed by atoms with E-state index in [4.69, 9.17) is 20.5 Å². The van der Waals surface area contributed by atoms with Crippen LogP contribution in [0.15, 0.2) is 27.2 Å². The van der Waals surface area contributed by atoms with Gasteiger partial charge in [0.15, 0.2) is 0 Å². The maximum Gasteiger partial charge on any atom is 0.340 e. The number of aryl methyl sites for hydroxylation is 4. The van der Waals surface area contributed by atoms with Crippen LogP contribution in [0.5, 0.6) is 0 Å². The molecular formula is C26H25F2N5O8. The first-order chi connectivity index (χ1) is 19.2. The van der Waals surface area contributed by atoms with Crippen LogP contribution in [0.1, 0.15) is 43.6 Å². The van der Waals surface area contributed by atoms with Crippen molar-refractivity contribution in [2.75, 3.05) is 25.7 Å². The van der Waals surface area contributed by atoms with Crippen molar-refractivity contribution in [1.29, 1.82) is 0 Å². The van der Waals surface area contributed by atoms with Crippen molar-refractivity contribution in [2.24, 2.45) is 0 Å². The lowest BCUT2D eigenvalue weighted by molar-refractivity contribution is -0.386. The quantitative estimate of drug-likeness (QED) is 0.143. The van der Waals surface area contributed by atoms with Crippen molar-refractivity contribution >= 4 is 29.0 Å². The number of nitrogens with two attached hydrogens (primary N) is 2. The number of methoxy groups -OCH3 is 2. The fourth-order valence-corrected chi connectivity index (χ4v) is 4.10. The van der Waals surface area contributed by atoms with E-state index in [9.17, 15) is 28.5 Å². The molecule has 0 spiro atoms. The lowest BCUT2D eigenvalue weighted by Gasteiger charge is -2.10. The molecule has 0 aliphatic heterocycles. The molecule has 0 aliphatic rings. The summed E-state index contributed by atoms with van der Waals surface area (Å²) in [5.41, 5.74) is 11.0. The number of esters is 2. The average molecular weight is 574 g/mol. The largest absolute Gasteiger partial charge is 0.465 e. The highest BCUT2D eigenvalue weighted by atomic mass is 19.1. The summed E-state index contributed by atoms with van der Waals surface area (Å²) in [5, 5.41) is 18.5. The first-order valence-corrected chi connectivity index (χ1v) is 11.6. The molecule has 0 fully saturated rings. The van der Waals surface area contributed by atoms with Crippen molar-refractivity contribution < 1.29 is 41.8 Å². The van der Waals surface area contributed by atoms with Gasteiger partial charge in [0.05, 0.1) is 52.8 Å². The number of carbonyl (C=O) groups is 2. The third-order valence-electron chi connectivity index (χ3n) is 6.02. The second-order valence-corrected chi connectivity index (χ2v) is 8.61. The molecule has 0 bridgehead atoms. The molecule has 0 aliphatic carbocycles. The number of hydrogen-bond acceptors (Lipinski definition) is 12. The van der Waals surface area contributed by atoms with E-state index in [0.717, 1.165) is 19.2 Å². The van der Waals surface area contributed by atoms with Gasteiger partial charge < -0.3 is 30.0 Å². The van der Waals surface area contributed by atoms with E-state index < -0.39 is 39.9 Å². The van der Waals surface area contributed by atoms with E-state index in [-0.39, 0.29) is 39.3 Å². The minimum atomic E-state index is -1.16. The van der Waals surface area contributed by atoms with Crippen LogP contribution in [0.3, 0.4) is 0 Å². The predicted molar refractivity (Wildman–Crippen MR) is 141 cm³/mol. The Bertz CT molecular complexity index is 1640. The molecule has 0 atom stereocenters. The normalized spacial score (nSPS) is 10.5. The number of rotatable bonds is 5. The minimum absolute atomic E-state index is 0.0276. The van der Waals surface area contributed by atoms with Crippen LogP contribution in [-0.2, 0) is 9.47 Å². The Morgan fingerprint density at radius 1 is 0.854 bits per heavy atom. The highest BCUT2D eigenvalue weighted by Crippen LogP contribution is 2.39. The molecule has 0 unspecified atom stereocenters. The van der Waals surface area contributed by atoms with Gasteiger partial charge >= 0.3 is 17.6 Å². The van der Waals surface area contributed by atoms with Gasteiger partial charge in [0.1, 0.15) is 23.0 Å². The summed E-state index contributed by atoms with van der Waals surface area (Å²) in [4.78, 5) is 33.4. The molecule has 4 aromatic rings. The Hall–Kier alpha value is -5.34. The third kappa shape index (κ3) is 5.68. The Kier molecular flexibility index (Phi) is 8.70. The number of benzene rings is 2. The molecule has 2 aromatic heterocycles. The number of halogens is 2. The number of nitrogen functional groups attached to an aromatic ring is 2. The number of nitrogens with zero attached hydrogens (tertiary/aromatic N) is 3. The van der Waals surface area contributed by atoms with E-state index in [1.165, 1.54) is 20.1 Å². The molecule has 0 saturated carbocycles. The molecule has 2 aromatic carbocycles. The van der Waals surface area contributed by atoms with Crippen LogP contribution < -0.4 is 11.5 Å². The number of anilines is 2. The van der Waals surface area contributed by atoms with Crippen molar-refractivity contribution in [2.45, 2.75) is 27.7 Å². The standard InChI is InChI=1S/C13H12FN3O5.C13H13FN2O3/c1-5-9(6(2)22-16-5)7-4-8(13(18)21-3)11(15)12(10(7)14)17(19)20;1-6-12(7(2)19-16-6)8-4-9(13(17)18-3)11(15)5-10(8)14/h4H,15H2,1-3H3;4-5H,15H2,1-3H3. The van der Waals surface area contributed by atoms with Gasteiger partial charge in [-0.3, -0.25) is 10.1 Å². The third-order valence-corrected chi connectivity index (χ3v) is 6.02. The number of nitro groups is 1. The molecule has 0 saturated heterocycles. The van der Waals surface area contributed by atoms with Crippen molar-refractivity contribution in [1.82, 2.24) is 10.3 Å². The van der Waals surface area contributed by atoms with Gasteiger partial charge in [-0.15, -0.1) is 0 Å². The highest BCUT2D eigenvalue weighted by Gasteiger charge is 2.31. The Balaban J connectivity index is 0.000000228. The summed E-state index contributed by atoms with van der Waals surface area (Å²) in [6, 6.07) is 3.53. The van der Waals surface area contributed by atoms with Crippen molar-refractivity contribution in [3.63, 3.8) is 0 Å². The van der Waals surface area contributed by atoms with Crippen LogP contribution >= 0.6 is 0 Å². The van der Waals surface area contributed by atoms with E-state index in [2.05, 4.69) is 19.8 Å². The monoisotopic (exact) mass is 573 g/mol. The summed E-state index contributed by atoms with van der Waals surface area (Å²) in [5.74, 6) is -2.51. The summed E-state index contributed by atoms with van der Waals surface area (Å²) in [6.07, 6.45) is 0. The number of carbonyl (C=O) groups excluding carboxylic acids is 2. The van der Waals surface area contributed by atoms with Gasteiger partial charge in [-0.1, -0.05) is 10.3 Å².